The molecule has 0 saturated heterocycles. The molecule has 0 bridgehead atoms. The molecule has 4 nitrogen and oxygen atoms in total. The van der Waals surface area contributed by atoms with Crippen LogP contribution in [0.4, 0.5) is 0 Å². The van der Waals surface area contributed by atoms with Gasteiger partial charge in [0.1, 0.15) is 0 Å². The lowest BCUT2D eigenvalue weighted by Crippen LogP contribution is -2.07. The third-order valence-corrected chi connectivity index (χ3v) is 2.31. The highest BCUT2D eigenvalue weighted by molar-refractivity contribution is 14.0. The first-order valence-electron chi connectivity index (χ1n) is 7.54. The minimum absolute atomic E-state index is 0. The number of esters is 1. The van der Waals surface area contributed by atoms with E-state index in [1.54, 1.807) is 23.9 Å². The molecule has 124 valence electrons. The zero-order chi connectivity index (χ0) is 16.1. The van der Waals surface area contributed by atoms with Gasteiger partial charge in [0.05, 0.1) is 13.2 Å². The molecule has 0 aliphatic heterocycles. The van der Waals surface area contributed by atoms with E-state index in [2.05, 4.69) is 5.10 Å². The Labute approximate surface area is 150 Å². The van der Waals surface area contributed by atoms with Gasteiger partial charge < -0.3 is 4.74 Å². The second-order valence-corrected chi connectivity index (χ2v) is 3.60. The predicted molar refractivity (Wildman–Crippen MR) is 102 cm³/mol. The summed E-state index contributed by atoms with van der Waals surface area (Å²) in [5.41, 5.74) is 1.49. The molecule has 1 aromatic heterocycles. The van der Waals surface area contributed by atoms with Crippen molar-refractivity contribution in [2.75, 3.05) is 6.61 Å². The molecular weight excluding hydrogens is 391 g/mol. The Hall–Kier alpha value is -1.37. The molecule has 0 atom stereocenters. The van der Waals surface area contributed by atoms with Crippen molar-refractivity contribution in [1.29, 1.82) is 0 Å². The van der Waals surface area contributed by atoms with Crippen molar-refractivity contribution >= 4 is 29.9 Å². The number of carbonyl (C=O) groups excluding carboxylic acids is 1. The summed E-state index contributed by atoms with van der Waals surface area (Å²) in [5.74, 6) is -0.376. The first-order valence-corrected chi connectivity index (χ1v) is 7.54. The minimum Gasteiger partial charge on any atom is -0.461 e. The SMILES string of the molecule is CC.CC.CCOC(=O)c1ccn(Cc2ccccc2)n1.I. The molecule has 5 heteroatoms. The second kappa shape index (κ2) is 14.6. The highest BCUT2D eigenvalue weighted by atomic mass is 127. The maximum Gasteiger partial charge on any atom is 0.358 e. The number of ether oxygens (including phenoxy) is 1. The van der Waals surface area contributed by atoms with E-state index in [1.807, 2.05) is 58.0 Å². The lowest BCUT2D eigenvalue weighted by molar-refractivity contribution is 0.0518. The van der Waals surface area contributed by atoms with Gasteiger partial charge in [0, 0.05) is 6.20 Å². The van der Waals surface area contributed by atoms with Gasteiger partial charge in [0.15, 0.2) is 5.69 Å². The lowest BCUT2D eigenvalue weighted by atomic mass is 10.2. The minimum atomic E-state index is -0.376. The fourth-order valence-corrected chi connectivity index (χ4v) is 1.53. The molecule has 0 aliphatic rings. The summed E-state index contributed by atoms with van der Waals surface area (Å²) in [6.07, 6.45) is 1.78. The predicted octanol–water partition coefficient (Wildman–Crippen LogP) is 4.78. The Morgan fingerprint density at radius 1 is 1.09 bits per heavy atom. The number of halogens is 1. The zero-order valence-corrected chi connectivity index (χ0v) is 16.4. The average Bonchev–Trinajstić information content (AvgIpc) is 3.01. The van der Waals surface area contributed by atoms with E-state index in [-0.39, 0.29) is 29.9 Å². The Morgan fingerprint density at radius 3 is 2.23 bits per heavy atom. The maximum absolute atomic E-state index is 11.4. The molecule has 0 saturated carbocycles. The van der Waals surface area contributed by atoms with Crippen molar-refractivity contribution in [2.24, 2.45) is 0 Å². The van der Waals surface area contributed by atoms with Gasteiger partial charge in [-0.15, -0.1) is 24.0 Å². The number of aromatic nitrogens is 2. The van der Waals surface area contributed by atoms with Gasteiger partial charge >= 0.3 is 5.97 Å². The monoisotopic (exact) mass is 418 g/mol. The summed E-state index contributed by atoms with van der Waals surface area (Å²) in [5, 5.41) is 4.17. The largest absolute Gasteiger partial charge is 0.461 e. The molecule has 0 N–H and O–H groups in total. The Balaban J connectivity index is 0. The number of hydrogen-bond acceptors (Lipinski definition) is 3. The molecule has 0 amide bonds. The number of hydrogen-bond donors (Lipinski definition) is 0. The molecular formula is C17H27IN2O2. The third kappa shape index (κ3) is 8.17. The van der Waals surface area contributed by atoms with Crippen LogP contribution in [0.3, 0.4) is 0 Å². The Kier molecular flexibility index (Phi) is 15.2. The summed E-state index contributed by atoms with van der Waals surface area (Å²) in [6, 6.07) is 11.6. The zero-order valence-electron chi connectivity index (χ0n) is 14.1. The third-order valence-electron chi connectivity index (χ3n) is 2.31. The highest BCUT2D eigenvalue weighted by Crippen LogP contribution is 2.04. The van der Waals surface area contributed by atoms with Crippen LogP contribution < -0.4 is 0 Å². The second-order valence-electron chi connectivity index (χ2n) is 3.60. The molecule has 0 spiro atoms. The normalized spacial score (nSPS) is 8.41. The highest BCUT2D eigenvalue weighted by Gasteiger charge is 2.09. The van der Waals surface area contributed by atoms with Crippen LogP contribution in [-0.2, 0) is 11.3 Å². The van der Waals surface area contributed by atoms with Crippen molar-refractivity contribution in [1.82, 2.24) is 9.78 Å². The molecule has 2 aromatic rings. The van der Waals surface area contributed by atoms with Crippen LogP contribution in [0.2, 0.25) is 0 Å². The van der Waals surface area contributed by atoms with Crippen LogP contribution in [0.25, 0.3) is 0 Å². The first-order chi connectivity index (χ1) is 10.3. The van der Waals surface area contributed by atoms with Crippen LogP contribution in [-0.4, -0.2) is 22.4 Å². The summed E-state index contributed by atoms with van der Waals surface area (Å²) in [6.45, 7) is 10.8. The van der Waals surface area contributed by atoms with Crippen molar-refractivity contribution in [3.63, 3.8) is 0 Å². The molecule has 0 aliphatic carbocycles. The van der Waals surface area contributed by atoms with Crippen LogP contribution >= 0.6 is 24.0 Å². The Bertz CT molecular complexity index is 498. The van der Waals surface area contributed by atoms with E-state index in [4.69, 9.17) is 4.74 Å². The van der Waals surface area contributed by atoms with Crippen LogP contribution in [0.5, 0.6) is 0 Å². The van der Waals surface area contributed by atoms with Crippen molar-refractivity contribution in [3.8, 4) is 0 Å². The van der Waals surface area contributed by atoms with E-state index in [9.17, 15) is 4.79 Å². The standard InChI is InChI=1S/C13H14N2O2.2C2H6.HI/c1-2-17-13(16)12-8-9-15(14-12)10-11-6-4-3-5-7-11;2*1-2;/h3-9H,2,10H2,1H3;2*1-2H3;1H. The average molecular weight is 418 g/mol. The molecule has 0 fully saturated rings. The van der Waals surface area contributed by atoms with Crippen LogP contribution in [0.15, 0.2) is 42.6 Å². The van der Waals surface area contributed by atoms with E-state index >= 15 is 0 Å². The van der Waals surface area contributed by atoms with E-state index < -0.39 is 0 Å². The first kappa shape index (κ1) is 22.9. The van der Waals surface area contributed by atoms with E-state index in [0.717, 1.165) is 5.56 Å². The number of rotatable bonds is 4. The van der Waals surface area contributed by atoms with Gasteiger partial charge in [-0.25, -0.2) is 4.79 Å². The molecule has 2 rings (SSSR count). The van der Waals surface area contributed by atoms with Gasteiger partial charge in [0.2, 0.25) is 0 Å². The summed E-state index contributed by atoms with van der Waals surface area (Å²) < 4.78 is 6.60. The van der Waals surface area contributed by atoms with Gasteiger partial charge in [0.25, 0.3) is 0 Å². The quantitative estimate of drug-likeness (QED) is 0.530. The molecule has 1 heterocycles. The van der Waals surface area contributed by atoms with E-state index in [0.29, 0.717) is 18.8 Å². The number of nitrogens with zero attached hydrogens (tertiary/aromatic N) is 2. The fraction of sp³-hybridized carbons (Fsp3) is 0.412. The number of benzene rings is 1. The van der Waals surface area contributed by atoms with Crippen molar-refractivity contribution in [3.05, 3.63) is 53.9 Å². The molecule has 1 aromatic carbocycles. The summed E-state index contributed by atoms with van der Waals surface area (Å²) >= 11 is 0. The number of carbonyl (C=O) groups is 1. The Morgan fingerprint density at radius 2 is 1.68 bits per heavy atom. The van der Waals surface area contributed by atoms with Gasteiger partial charge in [-0.05, 0) is 18.6 Å². The molecule has 0 radical (unpaired) electrons. The van der Waals surface area contributed by atoms with Crippen LogP contribution in [0.1, 0.15) is 50.7 Å². The van der Waals surface area contributed by atoms with Crippen LogP contribution in [0, 0.1) is 0 Å². The fourth-order valence-electron chi connectivity index (χ4n) is 1.53. The topological polar surface area (TPSA) is 44.1 Å². The lowest BCUT2D eigenvalue weighted by Gasteiger charge is -2.01. The molecule has 0 unspecified atom stereocenters. The van der Waals surface area contributed by atoms with Crippen molar-refractivity contribution in [2.45, 2.75) is 41.2 Å². The van der Waals surface area contributed by atoms with Gasteiger partial charge in [-0.2, -0.15) is 5.10 Å². The smallest absolute Gasteiger partial charge is 0.358 e. The van der Waals surface area contributed by atoms with E-state index in [1.165, 1.54) is 0 Å². The maximum atomic E-state index is 11.4. The summed E-state index contributed by atoms with van der Waals surface area (Å²) in [4.78, 5) is 11.4. The van der Waals surface area contributed by atoms with Gasteiger partial charge in [-0.1, -0.05) is 58.0 Å². The molecule has 22 heavy (non-hydrogen) atoms. The van der Waals surface area contributed by atoms with Crippen molar-refractivity contribution < 1.29 is 9.53 Å². The van der Waals surface area contributed by atoms with Gasteiger partial charge in [-0.3, -0.25) is 4.68 Å². The summed E-state index contributed by atoms with van der Waals surface area (Å²) in [7, 11) is 0.